The Balaban J connectivity index is 1.35. The number of amides is 1. The van der Waals surface area contributed by atoms with E-state index in [9.17, 15) is 4.79 Å². The average molecular weight is 402 g/mol. The molecule has 2 saturated heterocycles. The van der Waals surface area contributed by atoms with E-state index in [1.165, 1.54) is 24.9 Å². The number of piperidine rings is 1. The second-order valence-electron chi connectivity index (χ2n) is 8.09. The van der Waals surface area contributed by atoms with Gasteiger partial charge in [0.05, 0.1) is 5.52 Å². The third kappa shape index (κ3) is 3.70. The van der Waals surface area contributed by atoms with Gasteiger partial charge in [-0.2, -0.15) is 0 Å². The van der Waals surface area contributed by atoms with Crippen molar-refractivity contribution in [2.75, 3.05) is 49.1 Å². The summed E-state index contributed by atoms with van der Waals surface area (Å²) < 4.78 is 0. The molecule has 2 aromatic carbocycles. The SMILES string of the molecule is O=C(c1ccc2ncnc(N3CCCCC3)c2c1)N1CCN(c2ccccc2)CC1. The molecule has 0 bridgehead atoms. The van der Waals surface area contributed by atoms with Crippen LogP contribution < -0.4 is 9.80 Å². The van der Waals surface area contributed by atoms with Crippen LogP contribution >= 0.6 is 0 Å². The minimum absolute atomic E-state index is 0.0954. The minimum Gasteiger partial charge on any atom is -0.368 e. The van der Waals surface area contributed by atoms with Crippen LogP contribution in [0.15, 0.2) is 54.9 Å². The molecule has 1 aromatic heterocycles. The molecule has 6 nitrogen and oxygen atoms in total. The predicted molar refractivity (Wildman–Crippen MR) is 120 cm³/mol. The molecular weight excluding hydrogens is 374 g/mol. The second-order valence-corrected chi connectivity index (χ2v) is 8.09. The van der Waals surface area contributed by atoms with E-state index < -0.39 is 0 Å². The van der Waals surface area contributed by atoms with E-state index in [0.717, 1.165) is 61.6 Å². The van der Waals surface area contributed by atoms with E-state index >= 15 is 0 Å². The third-order valence-electron chi connectivity index (χ3n) is 6.21. The molecule has 6 heteroatoms. The van der Waals surface area contributed by atoms with Crippen molar-refractivity contribution < 1.29 is 4.79 Å². The zero-order valence-corrected chi connectivity index (χ0v) is 17.2. The Morgan fingerprint density at radius 1 is 0.767 bits per heavy atom. The molecule has 0 atom stereocenters. The lowest BCUT2D eigenvalue weighted by atomic mass is 10.1. The summed E-state index contributed by atoms with van der Waals surface area (Å²) in [4.78, 5) is 28.9. The molecule has 154 valence electrons. The lowest BCUT2D eigenvalue weighted by Gasteiger charge is -2.36. The molecular formula is C24H27N5O. The van der Waals surface area contributed by atoms with Crippen molar-refractivity contribution in [1.82, 2.24) is 14.9 Å². The number of anilines is 2. The van der Waals surface area contributed by atoms with Crippen molar-refractivity contribution in [2.45, 2.75) is 19.3 Å². The van der Waals surface area contributed by atoms with Crippen LogP contribution in [0.1, 0.15) is 29.6 Å². The summed E-state index contributed by atoms with van der Waals surface area (Å²) in [6, 6.07) is 16.3. The predicted octanol–water partition coefficient (Wildman–Crippen LogP) is 3.58. The molecule has 0 spiro atoms. The molecule has 2 fully saturated rings. The van der Waals surface area contributed by atoms with Crippen molar-refractivity contribution >= 4 is 28.3 Å². The normalized spacial score (nSPS) is 17.4. The molecule has 2 aliphatic rings. The number of hydrogen-bond donors (Lipinski definition) is 0. The molecule has 3 heterocycles. The number of benzene rings is 2. The maximum absolute atomic E-state index is 13.2. The lowest BCUT2D eigenvalue weighted by molar-refractivity contribution is 0.0747. The quantitative estimate of drug-likeness (QED) is 0.671. The van der Waals surface area contributed by atoms with Crippen LogP contribution in [0.4, 0.5) is 11.5 Å². The van der Waals surface area contributed by atoms with Gasteiger partial charge in [-0.15, -0.1) is 0 Å². The Labute approximate surface area is 177 Å². The summed E-state index contributed by atoms with van der Waals surface area (Å²) in [5.74, 6) is 1.06. The van der Waals surface area contributed by atoms with E-state index in [0.29, 0.717) is 0 Å². The minimum atomic E-state index is 0.0954. The number of rotatable bonds is 3. The van der Waals surface area contributed by atoms with Gasteiger partial charge in [0.2, 0.25) is 0 Å². The van der Waals surface area contributed by atoms with Gasteiger partial charge in [0.25, 0.3) is 5.91 Å². The van der Waals surface area contributed by atoms with Gasteiger partial charge in [0.1, 0.15) is 12.1 Å². The Hall–Kier alpha value is -3.15. The molecule has 30 heavy (non-hydrogen) atoms. The summed E-state index contributed by atoms with van der Waals surface area (Å²) in [7, 11) is 0. The number of aromatic nitrogens is 2. The molecule has 0 radical (unpaired) electrons. The number of para-hydroxylation sites is 1. The highest BCUT2D eigenvalue weighted by Gasteiger charge is 2.23. The fourth-order valence-corrected chi connectivity index (χ4v) is 4.52. The Morgan fingerprint density at radius 2 is 1.53 bits per heavy atom. The molecule has 0 N–H and O–H groups in total. The van der Waals surface area contributed by atoms with Crippen LogP contribution in [0.5, 0.6) is 0 Å². The standard InChI is InChI=1S/C24H27N5O/c30-24(29-15-13-27(14-16-29)20-7-3-1-4-8-20)19-9-10-22-21(17-19)23(26-18-25-22)28-11-5-2-6-12-28/h1,3-4,7-10,17-18H,2,5-6,11-16H2. The topological polar surface area (TPSA) is 52.6 Å². The summed E-state index contributed by atoms with van der Waals surface area (Å²) in [5, 5.41) is 0.980. The summed E-state index contributed by atoms with van der Waals surface area (Å²) >= 11 is 0. The first kappa shape index (κ1) is 18.9. The van der Waals surface area contributed by atoms with E-state index in [1.807, 2.05) is 29.2 Å². The van der Waals surface area contributed by atoms with Gasteiger partial charge < -0.3 is 14.7 Å². The van der Waals surface area contributed by atoms with Gasteiger partial charge in [-0.05, 0) is 49.6 Å². The van der Waals surface area contributed by atoms with Crippen LogP contribution in [0.2, 0.25) is 0 Å². The van der Waals surface area contributed by atoms with Gasteiger partial charge in [-0.3, -0.25) is 4.79 Å². The van der Waals surface area contributed by atoms with Gasteiger partial charge >= 0.3 is 0 Å². The fourth-order valence-electron chi connectivity index (χ4n) is 4.52. The highest BCUT2D eigenvalue weighted by Crippen LogP contribution is 2.27. The fraction of sp³-hybridized carbons (Fsp3) is 0.375. The number of hydrogen-bond acceptors (Lipinski definition) is 5. The Bertz CT molecular complexity index is 1020. The molecule has 0 saturated carbocycles. The molecule has 2 aliphatic heterocycles. The zero-order chi connectivity index (χ0) is 20.3. The zero-order valence-electron chi connectivity index (χ0n) is 17.2. The largest absolute Gasteiger partial charge is 0.368 e. The smallest absolute Gasteiger partial charge is 0.254 e. The first-order chi connectivity index (χ1) is 14.8. The van der Waals surface area contributed by atoms with Crippen molar-refractivity contribution in [3.8, 4) is 0 Å². The highest BCUT2D eigenvalue weighted by molar-refractivity contribution is 6.00. The van der Waals surface area contributed by atoms with Crippen molar-refractivity contribution in [1.29, 1.82) is 0 Å². The molecule has 5 rings (SSSR count). The van der Waals surface area contributed by atoms with Crippen LogP contribution in [0, 0.1) is 0 Å². The van der Waals surface area contributed by atoms with Gasteiger partial charge in [0.15, 0.2) is 0 Å². The summed E-state index contributed by atoms with van der Waals surface area (Å²) in [5.41, 5.74) is 2.85. The van der Waals surface area contributed by atoms with Crippen molar-refractivity contribution in [2.24, 2.45) is 0 Å². The highest BCUT2D eigenvalue weighted by atomic mass is 16.2. The van der Waals surface area contributed by atoms with Gasteiger partial charge in [-0.1, -0.05) is 18.2 Å². The first-order valence-corrected chi connectivity index (χ1v) is 10.9. The van der Waals surface area contributed by atoms with Crippen LogP contribution in [0.25, 0.3) is 10.9 Å². The van der Waals surface area contributed by atoms with E-state index in [4.69, 9.17) is 0 Å². The summed E-state index contributed by atoms with van der Waals surface area (Å²) in [6.45, 7) is 5.21. The van der Waals surface area contributed by atoms with Crippen LogP contribution in [-0.4, -0.2) is 60.0 Å². The number of carbonyl (C=O) groups is 1. The molecule has 0 aliphatic carbocycles. The third-order valence-corrected chi connectivity index (χ3v) is 6.21. The molecule has 3 aromatic rings. The molecule has 1 amide bonds. The second kappa shape index (κ2) is 8.30. The Kier molecular flexibility index (Phi) is 5.22. The van der Waals surface area contributed by atoms with Gasteiger partial charge in [-0.25, -0.2) is 9.97 Å². The van der Waals surface area contributed by atoms with E-state index in [-0.39, 0.29) is 5.91 Å². The number of fused-ring (bicyclic) bond motifs is 1. The van der Waals surface area contributed by atoms with Crippen LogP contribution in [-0.2, 0) is 0 Å². The maximum Gasteiger partial charge on any atom is 0.254 e. The van der Waals surface area contributed by atoms with E-state index in [1.54, 1.807) is 6.33 Å². The number of piperazine rings is 1. The van der Waals surface area contributed by atoms with Crippen molar-refractivity contribution in [3.05, 3.63) is 60.4 Å². The first-order valence-electron chi connectivity index (χ1n) is 10.9. The monoisotopic (exact) mass is 401 g/mol. The number of carbonyl (C=O) groups excluding carboxylic acids is 1. The number of nitrogens with zero attached hydrogens (tertiary/aromatic N) is 5. The Morgan fingerprint density at radius 3 is 2.30 bits per heavy atom. The summed E-state index contributed by atoms with van der Waals surface area (Å²) in [6.07, 6.45) is 5.29. The lowest BCUT2D eigenvalue weighted by Crippen LogP contribution is -2.48. The van der Waals surface area contributed by atoms with Crippen LogP contribution in [0.3, 0.4) is 0 Å². The molecule has 0 unspecified atom stereocenters. The average Bonchev–Trinajstić information content (AvgIpc) is 2.84. The maximum atomic E-state index is 13.2. The van der Waals surface area contributed by atoms with Crippen molar-refractivity contribution in [3.63, 3.8) is 0 Å². The van der Waals surface area contributed by atoms with E-state index in [2.05, 4.69) is 44.0 Å². The van der Waals surface area contributed by atoms with Gasteiger partial charge in [0, 0.05) is 55.9 Å².